The number of halogens is 13. The van der Waals surface area contributed by atoms with E-state index >= 15 is 0 Å². The van der Waals surface area contributed by atoms with Gasteiger partial charge in [-0.1, -0.05) is 30.3 Å². The summed E-state index contributed by atoms with van der Waals surface area (Å²) in [5.41, 5.74) is -8.37. The van der Waals surface area contributed by atoms with Gasteiger partial charge in [0.1, 0.15) is 34.9 Å². The smallest absolute Gasteiger partial charge is 0.360 e. The largest absolute Gasteiger partial charge is 0.416 e. The highest BCUT2D eigenvalue weighted by atomic mass is 127. The maximum absolute atomic E-state index is 12.6. The molecule has 0 spiro atoms. The first-order valence-electron chi connectivity index (χ1n) is 24.7. The number of carbonyl (C=O) groups is 2. The Kier molecular flexibility index (Phi) is 31.8. The molecule has 0 atom stereocenters. The predicted octanol–water partition coefficient (Wildman–Crippen LogP) is 7.20. The van der Waals surface area contributed by atoms with E-state index in [-0.39, 0.29) is 61.2 Å². The number of aromatic amines is 3. The van der Waals surface area contributed by atoms with E-state index in [0.717, 1.165) is 93.0 Å². The number of hydrogen-bond acceptors (Lipinski definition) is 16. The van der Waals surface area contributed by atoms with Crippen LogP contribution in [0.3, 0.4) is 0 Å². The second-order valence-corrected chi connectivity index (χ2v) is 17.8. The van der Waals surface area contributed by atoms with Crippen LogP contribution in [0.4, 0.5) is 58.4 Å². The molecule has 0 aliphatic rings. The lowest BCUT2D eigenvalue weighted by molar-refractivity contribution is -0.193. The Hall–Kier alpha value is -11.7. The number of alkyl halides is 12. The number of allylic oxidation sites excluding steroid dienone is 1. The fraction of sp³-hybridized carbons (Fsp3) is 0.161. The third-order valence-corrected chi connectivity index (χ3v) is 11.2. The molecule has 3 aromatic heterocycles. The Bertz CT molecular complexity index is 4390. The highest BCUT2D eigenvalue weighted by Gasteiger charge is 2.33. The number of carbonyl (C=O) groups excluding carboxylic acids is 6. The van der Waals surface area contributed by atoms with Gasteiger partial charge in [-0.05, 0) is 116 Å². The summed E-state index contributed by atoms with van der Waals surface area (Å²) in [6, 6.07) is 23.1. The lowest BCUT2D eigenvalue weighted by atomic mass is 10.2. The average molecular weight is 1430 g/mol. The van der Waals surface area contributed by atoms with Gasteiger partial charge >= 0.3 is 54.1 Å². The number of likely N-dealkylation sites (N-methyl/N-ethyl adjacent to an activating group) is 2. The van der Waals surface area contributed by atoms with Gasteiger partial charge in [0.15, 0.2) is 0 Å². The number of nitriles is 3. The number of amides is 2. The molecule has 0 aliphatic heterocycles. The second kappa shape index (κ2) is 37.3. The van der Waals surface area contributed by atoms with Gasteiger partial charge in [-0.3, -0.25) is 52.6 Å². The molecule has 488 valence electrons. The van der Waals surface area contributed by atoms with Crippen molar-refractivity contribution in [2.75, 3.05) is 18.4 Å². The number of rotatable bonds is 9. The second-order valence-electron chi connectivity index (χ2n) is 16.6. The van der Waals surface area contributed by atoms with Crippen LogP contribution in [0, 0.1) is 37.6 Å². The Morgan fingerprint density at radius 1 is 0.527 bits per heavy atom. The SMILES string of the molecule is C/C=C(/C#N)C(=O)NCC.CCNC(=O)/C(C#N)=C\Nc1cccc(C(F)(F)F)c1.N#Cc1cn(-c2cccc(C(F)(F)F)c2)c(=O)[nH]c1=O.O=C=O.O=C=O.O=c1[nH]c(=O)n(-c2cccc(C(F)(F)F)c2)cc1I.O=c1ccn(-c2cccc(C(F)(F)F)c2)c(=O)[nH]1. The average Bonchev–Trinajstić information content (AvgIpc) is 0.889. The summed E-state index contributed by atoms with van der Waals surface area (Å²) in [5, 5.41) is 33.3. The minimum absolute atomic E-state index is 0.0334. The molecule has 93 heavy (non-hydrogen) atoms. The molecule has 2 amide bonds. The monoisotopic (exact) mass is 1430 g/mol. The molecule has 0 saturated carbocycles. The minimum atomic E-state index is -4.56. The first-order chi connectivity index (χ1) is 43.5. The van der Waals surface area contributed by atoms with Crippen molar-refractivity contribution < 1.29 is 81.5 Å². The van der Waals surface area contributed by atoms with E-state index in [2.05, 4.69) is 16.0 Å². The third kappa shape index (κ3) is 26.5. The summed E-state index contributed by atoms with van der Waals surface area (Å²) in [6.45, 7) is 6.06. The summed E-state index contributed by atoms with van der Waals surface area (Å²) in [5.74, 6) is -0.887. The molecule has 6 N–H and O–H groups in total. The van der Waals surface area contributed by atoms with Crippen molar-refractivity contribution in [3.63, 3.8) is 0 Å². The van der Waals surface area contributed by atoms with E-state index in [0.29, 0.717) is 13.1 Å². The third-order valence-electron chi connectivity index (χ3n) is 10.4. The standard InChI is InChI=1S/C13H12F3N3O.C12H6F3N3O2.C11H6F3IN2O2.C11H7F3N2O2.C7H10N2O.2CO2/c1-2-18-12(20)9(7-17)8-19-11-5-3-4-10(6-11)13(14,15)16;13-12(14,15)8-2-1-3-9(4-8)18-6-7(5-16)10(19)17-11(18)20;12-11(13,14)6-2-1-3-7(4-6)17-5-8(15)9(18)16-10(17)19;12-11(13,14)7-2-1-3-8(6-7)16-5-4-9(17)15-10(16)18;1-3-6(5-8)7(10)9-4-2;2*2-1-3/h3-6,8,19H,2H2,1H3,(H,18,20);1-4,6H,(H,17,19,20);1-5H,(H,16,18,19);1-6H,(H,15,17,18);3H,4H2,1-2H3,(H,9,10);;/b9-8-;;;;6-3-;;. The summed E-state index contributed by atoms with van der Waals surface area (Å²) >= 11 is 1.69. The zero-order valence-electron chi connectivity index (χ0n) is 47.1. The fourth-order valence-electron chi connectivity index (χ4n) is 6.35. The molecule has 0 radical (unpaired) electrons. The van der Waals surface area contributed by atoms with Crippen LogP contribution in [0.5, 0.6) is 0 Å². The van der Waals surface area contributed by atoms with Crippen molar-refractivity contribution in [1.82, 2.24) is 39.3 Å². The normalized spacial score (nSPS) is 10.8. The quantitative estimate of drug-likeness (QED) is 0.0360. The van der Waals surface area contributed by atoms with E-state index in [9.17, 15) is 91.0 Å². The van der Waals surface area contributed by atoms with Crippen molar-refractivity contribution in [3.05, 3.63) is 239 Å². The number of nitrogens with one attached hydrogen (secondary N) is 6. The van der Waals surface area contributed by atoms with E-state index in [1.807, 2.05) is 21.9 Å². The zero-order valence-corrected chi connectivity index (χ0v) is 49.3. The molecule has 0 unspecified atom stereocenters. The summed E-state index contributed by atoms with van der Waals surface area (Å²) in [4.78, 5) is 128. The maximum atomic E-state index is 12.6. The fourth-order valence-corrected chi connectivity index (χ4v) is 6.76. The van der Waals surface area contributed by atoms with E-state index in [1.165, 1.54) is 54.7 Å². The van der Waals surface area contributed by atoms with Crippen molar-refractivity contribution >= 4 is 52.4 Å². The molecule has 37 heteroatoms. The molecule has 0 saturated heterocycles. The van der Waals surface area contributed by atoms with E-state index in [4.69, 9.17) is 35.0 Å². The number of benzene rings is 4. The highest BCUT2D eigenvalue weighted by molar-refractivity contribution is 14.1. The lowest BCUT2D eigenvalue weighted by Gasteiger charge is -2.10. The molecular weight excluding hydrogens is 1390 g/mol. The molecule has 3 heterocycles. The Morgan fingerprint density at radius 2 is 0.892 bits per heavy atom. The van der Waals surface area contributed by atoms with Crippen LogP contribution in [-0.4, -0.2) is 65.9 Å². The van der Waals surface area contributed by atoms with E-state index < -0.39 is 86.6 Å². The molecule has 24 nitrogen and oxygen atoms in total. The van der Waals surface area contributed by atoms with Crippen LogP contribution in [0.2, 0.25) is 0 Å². The molecule has 0 bridgehead atoms. The minimum Gasteiger partial charge on any atom is -0.360 e. The van der Waals surface area contributed by atoms with Crippen molar-refractivity contribution in [2.45, 2.75) is 45.5 Å². The summed E-state index contributed by atoms with van der Waals surface area (Å²) < 4.78 is 153. The Morgan fingerprint density at radius 3 is 1.27 bits per heavy atom. The van der Waals surface area contributed by atoms with Gasteiger partial charge in [-0.15, -0.1) is 0 Å². The topological polar surface area (TPSA) is 374 Å². The first-order valence-corrected chi connectivity index (χ1v) is 25.8. The van der Waals surface area contributed by atoms with Crippen LogP contribution in [-0.2, 0) is 53.5 Å². The van der Waals surface area contributed by atoms with Gasteiger partial charge in [-0.25, -0.2) is 14.4 Å². The highest BCUT2D eigenvalue weighted by Crippen LogP contribution is 2.33. The number of anilines is 1. The summed E-state index contributed by atoms with van der Waals surface area (Å²) in [6.07, 6.45) is -11.7. The van der Waals surface area contributed by atoms with Crippen molar-refractivity contribution in [1.29, 1.82) is 15.8 Å². The molecule has 7 rings (SSSR count). The Balaban J connectivity index is 0.000000576. The van der Waals surface area contributed by atoms with Crippen LogP contribution >= 0.6 is 22.6 Å². The molecule has 0 aliphatic carbocycles. The van der Waals surface area contributed by atoms with Gasteiger partial charge in [0.05, 0.1) is 42.9 Å². The molecule has 0 fully saturated rings. The van der Waals surface area contributed by atoms with Gasteiger partial charge in [0, 0.05) is 49.6 Å². The van der Waals surface area contributed by atoms with Crippen molar-refractivity contribution in [2.24, 2.45) is 0 Å². The number of nitrogens with zero attached hydrogens (tertiary/aromatic N) is 6. The van der Waals surface area contributed by atoms with Crippen LogP contribution in [0.15, 0.2) is 174 Å². The molecule has 7 aromatic rings. The van der Waals surface area contributed by atoms with E-state index in [1.54, 1.807) is 54.6 Å². The van der Waals surface area contributed by atoms with Gasteiger partial charge < -0.3 is 16.0 Å². The lowest BCUT2D eigenvalue weighted by Crippen LogP contribution is -2.30. The van der Waals surface area contributed by atoms with Gasteiger partial charge in [0.2, 0.25) is 0 Å². The zero-order chi connectivity index (χ0) is 71.0. The summed E-state index contributed by atoms with van der Waals surface area (Å²) in [7, 11) is 0. The van der Waals surface area contributed by atoms with Crippen LogP contribution in [0.25, 0.3) is 17.1 Å². The number of hydrogen-bond donors (Lipinski definition) is 6. The van der Waals surface area contributed by atoms with Crippen LogP contribution < -0.4 is 49.7 Å². The molecular formula is C56H41F12IN12O12. The van der Waals surface area contributed by atoms with Gasteiger partial charge in [0.25, 0.3) is 28.5 Å². The predicted molar refractivity (Wildman–Crippen MR) is 306 cm³/mol. The first kappa shape index (κ1) is 79.3. The van der Waals surface area contributed by atoms with Gasteiger partial charge in [-0.2, -0.15) is 87.6 Å². The number of H-pyrrole nitrogens is 3. The molecule has 4 aromatic carbocycles. The van der Waals surface area contributed by atoms with Crippen LogP contribution in [0.1, 0.15) is 48.6 Å². The number of aromatic nitrogens is 6. The van der Waals surface area contributed by atoms with Crippen molar-refractivity contribution in [3.8, 4) is 35.3 Å². The Labute approximate surface area is 525 Å². The maximum Gasteiger partial charge on any atom is 0.416 e.